The number of nitrogens with one attached hydrogen (secondary N) is 8. The quantitative estimate of drug-likeness (QED) is 0.0271. The summed E-state index contributed by atoms with van der Waals surface area (Å²) in [7, 11) is 14.6. The summed E-state index contributed by atoms with van der Waals surface area (Å²) in [5, 5.41) is 23.0. The molecule has 4 rings (SSSR count). The predicted molar refractivity (Wildman–Crippen MR) is 560 cm³/mol. The first-order chi connectivity index (χ1) is 43.6. The molecule has 4 aromatic carbocycles. The first-order valence-corrected chi connectivity index (χ1v) is 52.9. The van der Waals surface area contributed by atoms with E-state index in [9.17, 15) is 0 Å². The summed E-state index contributed by atoms with van der Waals surface area (Å²) in [6.45, 7) is 4.20. The van der Waals surface area contributed by atoms with Crippen molar-refractivity contribution in [1.82, 2.24) is 19.6 Å². The fourth-order valence-electron chi connectivity index (χ4n) is 3.70. The smallest absolute Gasteiger partial charge is 0.411 e. The summed E-state index contributed by atoms with van der Waals surface area (Å²) in [5.41, 5.74) is 6.36. The van der Waals surface area contributed by atoms with E-state index in [0.717, 1.165) is 45.5 Å². The van der Waals surface area contributed by atoms with E-state index in [2.05, 4.69) is 180 Å². The minimum absolute atomic E-state index is 0. The molecule has 0 radical (unpaired) electrons. The first kappa shape index (κ1) is 127. The van der Waals surface area contributed by atoms with Crippen molar-refractivity contribution in [3.63, 3.8) is 0 Å². The molecule has 0 aliphatic heterocycles. The molecule has 8 N–H and O–H groups in total. The summed E-state index contributed by atoms with van der Waals surface area (Å²) in [4.78, 5) is 6.85. The first-order valence-electron chi connectivity index (χ1n) is 24.1. The van der Waals surface area contributed by atoms with Crippen LogP contribution in [-0.4, -0.2) is 200 Å². The molecule has 0 fully saturated rings. The number of hydrogen-bond acceptors (Lipinski definition) is 21. The van der Waals surface area contributed by atoms with Crippen LogP contribution in [0.4, 0.5) is 45.5 Å². The third kappa shape index (κ3) is 118. The van der Waals surface area contributed by atoms with Crippen LogP contribution < -0.4 is 42.5 Å². The third-order valence-corrected chi connectivity index (χ3v) is 11.7. The normalized spacial score (nSPS) is 10.3. The van der Waals surface area contributed by atoms with Crippen LogP contribution in [0.5, 0.6) is 0 Å². The molecule has 0 aromatic heterocycles. The summed E-state index contributed by atoms with van der Waals surface area (Å²) < 4.78 is -4.79. The van der Waals surface area contributed by atoms with Crippen molar-refractivity contribution in [2.24, 2.45) is 0 Å². The van der Waals surface area contributed by atoms with Crippen molar-refractivity contribution in [3.05, 3.63) is 97.1 Å². The minimum Gasteiger partial charge on any atom is -0.411 e. The molecule has 0 atom stereocenters. The van der Waals surface area contributed by atoms with Crippen molar-refractivity contribution >= 4 is 595 Å². The van der Waals surface area contributed by atoms with Crippen LogP contribution in [-0.2, 0) is 114 Å². The Bertz CT molecular complexity index is 2660. The Balaban J connectivity index is -0.000000115. The number of para-hydroxylation sites is 8. The fraction of sp³-hybridized carbons (Fsp3) is 0.234. The van der Waals surface area contributed by atoms with Crippen LogP contribution in [0.25, 0.3) is 0 Å². The predicted octanol–water partition coefficient (Wildman–Crippen LogP) is 21.6. The number of thiol groups is 3. The monoisotopic (exact) mass is 2150 g/mol. The van der Waals surface area contributed by atoms with Crippen molar-refractivity contribution in [1.29, 1.82) is 0 Å². The van der Waals surface area contributed by atoms with Gasteiger partial charge in [-0.2, -0.15) is 0 Å². The van der Waals surface area contributed by atoms with Gasteiger partial charge in [0.05, 0.1) is 45.5 Å². The van der Waals surface area contributed by atoms with Crippen LogP contribution in [0.1, 0.15) is 0 Å². The average Bonchev–Trinajstić information content (AvgIpc) is 0.888. The third-order valence-electron chi connectivity index (χ3n) is 7.08. The Hall–Kier alpha value is 4.96. The van der Waals surface area contributed by atoms with E-state index in [-0.39, 0.29) is 69.4 Å². The number of thiocarbonyl (C=S) groups is 12. The number of nitrogens with zero attached hydrogens (tertiary/aromatic N) is 4. The van der Waals surface area contributed by atoms with Gasteiger partial charge in [-0.1, -0.05) is 124 Å². The molecule has 54 heteroatoms. The maximum Gasteiger partial charge on any atom is 3.00 e. The van der Waals surface area contributed by atoms with Crippen molar-refractivity contribution in [3.8, 4) is 0 Å². The second-order valence-electron chi connectivity index (χ2n) is 17.4. The van der Waals surface area contributed by atoms with Gasteiger partial charge in [0, 0.05) is 56.4 Å². The van der Waals surface area contributed by atoms with Crippen LogP contribution in [0.3, 0.4) is 0 Å². The van der Waals surface area contributed by atoms with Gasteiger partial charge in [-0.05, 0) is 48.5 Å². The fourth-order valence-corrected chi connectivity index (χ4v) is 5.49. The van der Waals surface area contributed by atoms with Gasteiger partial charge in [0.25, 0.3) is 0 Å². The van der Waals surface area contributed by atoms with Gasteiger partial charge in [0.15, 0.2) is 0 Å². The van der Waals surface area contributed by atoms with Crippen LogP contribution in [0, 0.1) is 0 Å². The Morgan fingerprint density at radius 3 is 0.406 bits per heavy atom. The van der Waals surface area contributed by atoms with Gasteiger partial charge >= 0.3 is 219 Å². The van der Waals surface area contributed by atoms with Crippen molar-refractivity contribution in [2.45, 2.75) is 0 Å². The maximum absolute atomic E-state index is 5.21. The summed E-state index contributed by atoms with van der Waals surface area (Å²) in [5.74, 6) is 0. The van der Waals surface area contributed by atoms with Crippen LogP contribution >= 0.6 is 331 Å². The van der Waals surface area contributed by atoms with E-state index >= 15 is 0 Å². The summed E-state index contributed by atoms with van der Waals surface area (Å²) in [6, 6.07) is 29.8. The molecule has 560 valence electrons. The SMILES string of the molecule is CN(C)C(=S)[S-].CN(C)C(=S)[S-].CN(C)C(=S)[S-].CN(C)C(=S)[S-].CP(Cl)(Cl)(Cl)Cl.CP(Cl)(Cl)(Cl)Cl.CP(Cl)(Cl)(Cl)Cl.S=C(S)Nc1ccccc1NC(=S)S.S=C([S-])Nc1ccccc1NC(=S)S.S=C([S-])Nc1ccccc1NC(=S)[S-].S=C([S-])Nc1ccccc1NC(=S)[S-].[Al+3].[Al+3].[Al+3]. The molecule has 0 saturated carbocycles. The Morgan fingerprint density at radius 1 is 0.267 bits per heavy atom. The Kier molecular flexibility index (Phi) is 83.0. The van der Waals surface area contributed by atoms with Crippen molar-refractivity contribution in [2.75, 3.05) is 119 Å². The standard InChI is InChI=1S/4C8H8N2S4.4C3H7NS2.3CH3Cl4P.3Al/c4*11-7(12)9-5-3-1-2-4-6(5)10-8(13)14;4*1-4(2)3(5)6;3*1-6(2,3,4)5;;;/h4*1-4H,(H2,9,11,12)(H2,10,13,14);4*1-2H3,(H,5,6);3*1H3;;;/q;;;;;;;;;;;3*+3/p-9. The van der Waals surface area contributed by atoms with Crippen molar-refractivity contribution < 1.29 is 0 Å². The van der Waals surface area contributed by atoms with Gasteiger partial charge in [-0.25, -0.2) is 0 Å². The zero-order chi connectivity index (χ0) is 79.2. The molecule has 12 nitrogen and oxygen atoms in total. The van der Waals surface area contributed by atoms with E-state index < -0.39 is 12.0 Å². The van der Waals surface area contributed by atoms with E-state index in [4.69, 9.17) is 296 Å². The van der Waals surface area contributed by atoms with Gasteiger partial charge in [-0.3, -0.25) is 0 Å². The number of anilines is 8. The number of benzene rings is 4. The second-order valence-corrected chi connectivity index (χ2v) is 76.5. The van der Waals surface area contributed by atoms with E-state index in [1.807, 2.05) is 153 Å². The number of halogens is 12. The topological polar surface area (TPSA) is 109 Å². The molecule has 101 heavy (non-hydrogen) atoms. The molecular weight excluding hydrogens is 2100 g/mol. The molecule has 0 heterocycles. The van der Waals surface area contributed by atoms with E-state index in [1.165, 1.54) is 20.0 Å². The second kappa shape index (κ2) is 66.1. The van der Waals surface area contributed by atoms with E-state index in [0.29, 0.717) is 34.6 Å². The number of rotatable bonds is 8. The van der Waals surface area contributed by atoms with Gasteiger partial charge < -0.3 is 286 Å². The molecule has 4 aromatic rings. The molecule has 0 spiro atoms. The Morgan fingerprint density at radius 2 is 0.347 bits per heavy atom. The largest absolute Gasteiger partial charge is 3.00 e. The van der Waals surface area contributed by atoms with Crippen LogP contribution in [0.15, 0.2) is 97.1 Å². The molecule has 0 aliphatic rings. The minimum atomic E-state index is -3.16. The summed E-state index contributed by atoms with van der Waals surface area (Å²) >= 11 is 173. The molecule has 0 saturated heterocycles. The summed E-state index contributed by atoms with van der Waals surface area (Å²) in [6.07, 6.45) is 0. The molecule has 0 aliphatic carbocycles. The van der Waals surface area contributed by atoms with Gasteiger partial charge in [0.1, 0.15) is 13.0 Å². The molecule has 0 bridgehead atoms. The van der Waals surface area contributed by atoms with Gasteiger partial charge in [0.2, 0.25) is 0 Å². The zero-order valence-electron chi connectivity index (χ0n) is 53.6. The molecular formula is C47H60Al3Cl12N12P3S24. The molecule has 0 unspecified atom stereocenters. The van der Waals surface area contributed by atoms with Gasteiger partial charge in [-0.15, -0.1) is 37.9 Å². The maximum atomic E-state index is 5.21. The van der Waals surface area contributed by atoms with Crippen LogP contribution in [0.2, 0.25) is 0 Å². The number of hydrogen-bond donors (Lipinski definition) is 11. The molecule has 0 amide bonds. The zero-order valence-corrected chi connectivity index (χ0v) is 88.6. The average molecular weight is 2160 g/mol. The van der Waals surface area contributed by atoms with E-state index in [1.54, 1.807) is 19.6 Å². The Labute approximate surface area is 816 Å².